The van der Waals surface area contributed by atoms with Gasteiger partial charge >= 0.3 is 0 Å². The number of hydrogen-bond donors (Lipinski definition) is 2. The Morgan fingerprint density at radius 3 is 3.05 bits per heavy atom. The van der Waals surface area contributed by atoms with Gasteiger partial charge < -0.3 is 10.3 Å². The minimum absolute atomic E-state index is 0.0211. The van der Waals surface area contributed by atoms with Crippen LogP contribution in [0.1, 0.15) is 29.7 Å². The van der Waals surface area contributed by atoms with Gasteiger partial charge in [0.25, 0.3) is 0 Å². The number of amides is 1. The predicted octanol–water partition coefficient (Wildman–Crippen LogP) is 1.89. The fourth-order valence-electron chi connectivity index (χ4n) is 2.50. The van der Waals surface area contributed by atoms with Crippen LogP contribution in [0.4, 0.5) is 5.13 Å². The van der Waals surface area contributed by atoms with E-state index in [1.807, 2.05) is 0 Å². The van der Waals surface area contributed by atoms with Gasteiger partial charge in [-0.15, -0.1) is 11.3 Å². The largest absolute Gasteiger partial charge is 0.364 e. The summed E-state index contributed by atoms with van der Waals surface area (Å²) in [5.41, 5.74) is 2.44. The van der Waals surface area contributed by atoms with E-state index in [1.165, 1.54) is 11.3 Å². The average molecular weight is 289 g/mol. The molecule has 0 unspecified atom stereocenters. The number of nitrogens with one attached hydrogen (secondary N) is 2. The molecular weight excluding hydrogens is 274 g/mol. The van der Waals surface area contributed by atoms with Gasteiger partial charge in [-0.2, -0.15) is 0 Å². The topological polar surface area (TPSA) is 74.8 Å². The van der Waals surface area contributed by atoms with Gasteiger partial charge in [0, 0.05) is 34.6 Å². The molecule has 0 saturated carbocycles. The summed E-state index contributed by atoms with van der Waals surface area (Å²) in [6.07, 6.45) is 7.29. The zero-order chi connectivity index (χ0) is 13.9. The Bertz CT molecular complexity index is 676. The van der Waals surface area contributed by atoms with Crippen LogP contribution in [0.25, 0.3) is 0 Å². The Labute approximate surface area is 120 Å². The summed E-state index contributed by atoms with van der Waals surface area (Å²) in [6, 6.07) is 0. The molecule has 6 heteroatoms. The summed E-state index contributed by atoms with van der Waals surface area (Å²) >= 11 is 1.36. The Kier molecular flexibility index (Phi) is 3.64. The minimum Gasteiger partial charge on any atom is -0.364 e. The van der Waals surface area contributed by atoms with Crippen molar-refractivity contribution in [3.8, 4) is 0 Å². The lowest BCUT2D eigenvalue weighted by Gasteiger charge is -2.15. The van der Waals surface area contributed by atoms with Crippen molar-refractivity contribution in [2.24, 2.45) is 0 Å². The van der Waals surface area contributed by atoms with Crippen LogP contribution >= 0.6 is 11.3 Å². The molecule has 1 amide bonds. The van der Waals surface area contributed by atoms with Crippen LogP contribution in [-0.2, 0) is 24.1 Å². The maximum atomic E-state index is 12.3. The Morgan fingerprint density at radius 1 is 1.40 bits per heavy atom. The van der Waals surface area contributed by atoms with Gasteiger partial charge in [0.05, 0.1) is 6.42 Å². The molecule has 0 aromatic carbocycles. The molecule has 3 rings (SSSR count). The third-order valence-electron chi connectivity index (χ3n) is 3.48. The van der Waals surface area contributed by atoms with Crippen molar-refractivity contribution in [2.45, 2.75) is 32.1 Å². The molecule has 5 nitrogen and oxygen atoms in total. The van der Waals surface area contributed by atoms with Crippen LogP contribution in [0.5, 0.6) is 0 Å². The van der Waals surface area contributed by atoms with Crippen LogP contribution in [0.15, 0.2) is 22.6 Å². The SMILES string of the molecule is O=C(Cc1c[nH]c2c(c1=O)CCCC2)Nc1nccs1. The molecule has 0 spiro atoms. The Morgan fingerprint density at radius 2 is 2.25 bits per heavy atom. The zero-order valence-corrected chi connectivity index (χ0v) is 11.8. The molecule has 0 aliphatic heterocycles. The number of rotatable bonds is 3. The first-order valence-corrected chi connectivity index (χ1v) is 7.53. The van der Waals surface area contributed by atoms with Crippen molar-refractivity contribution in [3.63, 3.8) is 0 Å². The second kappa shape index (κ2) is 5.58. The Balaban J connectivity index is 1.77. The standard InChI is InChI=1S/C14H15N3O2S/c18-12(17-14-15-5-6-20-14)7-9-8-16-11-4-2-1-3-10(11)13(9)19/h5-6,8H,1-4,7H2,(H,16,19)(H,15,17,18). The molecule has 104 valence electrons. The van der Waals surface area contributed by atoms with Gasteiger partial charge in [-0.3, -0.25) is 9.59 Å². The smallest absolute Gasteiger partial charge is 0.230 e. The number of thiazole rings is 1. The van der Waals surface area contributed by atoms with E-state index in [1.54, 1.807) is 17.8 Å². The molecule has 2 aromatic heterocycles. The second-order valence-corrected chi connectivity index (χ2v) is 5.76. The number of aromatic amines is 1. The van der Waals surface area contributed by atoms with Gasteiger partial charge in [-0.05, 0) is 25.7 Å². The third kappa shape index (κ3) is 2.65. The first-order chi connectivity index (χ1) is 9.74. The van der Waals surface area contributed by atoms with Crippen LogP contribution in [-0.4, -0.2) is 15.9 Å². The molecule has 20 heavy (non-hydrogen) atoms. The van der Waals surface area contributed by atoms with E-state index in [0.29, 0.717) is 10.7 Å². The first-order valence-electron chi connectivity index (χ1n) is 6.65. The lowest BCUT2D eigenvalue weighted by Crippen LogP contribution is -2.25. The number of nitrogens with zero attached hydrogens (tertiary/aromatic N) is 1. The zero-order valence-electron chi connectivity index (χ0n) is 10.9. The number of aryl methyl sites for hydroxylation is 1. The maximum Gasteiger partial charge on any atom is 0.230 e. The second-order valence-electron chi connectivity index (χ2n) is 4.87. The van der Waals surface area contributed by atoms with E-state index in [0.717, 1.165) is 36.9 Å². The molecule has 1 aliphatic carbocycles. The lowest BCUT2D eigenvalue weighted by molar-refractivity contribution is -0.115. The number of fused-ring (bicyclic) bond motifs is 1. The highest BCUT2D eigenvalue weighted by Gasteiger charge is 2.17. The van der Waals surface area contributed by atoms with E-state index < -0.39 is 0 Å². The monoisotopic (exact) mass is 289 g/mol. The molecule has 2 aromatic rings. The molecule has 2 N–H and O–H groups in total. The minimum atomic E-state index is -0.207. The summed E-state index contributed by atoms with van der Waals surface area (Å²) in [6.45, 7) is 0. The molecular formula is C14H15N3O2S. The predicted molar refractivity (Wildman–Crippen MR) is 78.2 cm³/mol. The molecule has 0 atom stereocenters. The van der Waals surface area contributed by atoms with Crippen molar-refractivity contribution in [2.75, 3.05) is 5.32 Å². The van der Waals surface area contributed by atoms with E-state index in [-0.39, 0.29) is 17.8 Å². The lowest BCUT2D eigenvalue weighted by atomic mass is 9.94. The highest BCUT2D eigenvalue weighted by atomic mass is 32.1. The number of H-pyrrole nitrogens is 1. The molecule has 2 heterocycles. The fourth-order valence-corrected chi connectivity index (χ4v) is 3.05. The van der Waals surface area contributed by atoms with E-state index in [2.05, 4.69) is 15.3 Å². The maximum absolute atomic E-state index is 12.3. The highest BCUT2D eigenvalue weighted by Crippen LogP contribution is 2.16. The first kappa shape index (κ1) is 13.1. The van der Waals surface area contributed by atoms with Crippen LogP contribution < -0.4 is 10.7 Å². The van der Waals surface area contributed by atoms with Crippen molar-refractivity contribution >= 4 is 22.4 Å². The van der Waals surface area contributed by atoms with Crippen LogP contribution in [0.2, 0.25) is 0 Å². The molecule has 0 saturated heterocycles. The number of pyridine rings is 1. The number of hydrogen-bond acceptors (Lipinski definition) is 4. The number of carbonyl (C=O) groups is 1. The summed E-state index contributed by atoms with van der Waals surface area (Å²) < 4.78 is 0. The van der Waals surface area contributed by atoms with Crippen molar-refractivity contribution in [1.82, 2.24) is 9.97 Å². The Hall–Kier alpha value is -1.95. The van der Waals surface area contributed by atoms with E-state index in [9.17, 15) is 9.59 Å². The van der Waals surface area contributed by atoms with Gasteiger partial charge in [0.15, 0.2) is 10.6 Å². The van der Waals surface area contributed by atoms with Crippen LogP contribution in [0.3, 0.4) is 0 Å². The summed E-state index contributed by atoms with van der Waals surface area (Å²) in [4.78, 5) is 31.4. The van der Waals surface area contributed by atoms with Crippen molar-refractivity contribution in [3.05, 3.63) is 44.8 Å². The van der Waals surface area contributed by atoms with Gasteiger partial charge in [-0.1, -0.05) is 0 Å². The van der Waals surface area contributed by atoms with Gasteiger partial charge in [0.1, 0.15) is 0 Å². The molecule has 0 bridgehead atoms. The summed E-state index contributed by atoms with van der Waals surface area (Å²) in [5.74, 6) is -0.207. The molecule has 0 radical (unpaired) electrons. The normalized spacial score (nSPS) is 13.8. The fraction of sp³-hybridized carbons (Fsp3) is 0.357. The summed E-state index contributed by atoms with van der Waals surface area (Å²) in [5, 5.41) is 5.05. The van der Waals surface area contributed by atoms with Crippen molar-refractivity contribution < 1.29 is 4.79 Å². The van der Waals surface area contributed by atoms with E-state index >= 15 is 0 Å². The number of aromatic nitrogens is 2. The molecule has 0 fully saturated rings. The molecule has 1 aliphatic rings. The van der Waals surface area contributed by atoms with Crippen molar-refractivity contribution in [1.29, 1.82) is 0 Å². The van der Waals surface area contributed by atoms with E-state index in [4.69, 9.17) is 0 Å². The quantitative estimate of drug-likeness (QED) is 0.906. The number of carbonyl (C=O) groups excluding carboxylic acids is 1. The highest BCUT2D eigenvalue weighted by molar-refractivity contribution is 7.13. The average Bonchev–Trinajstić information content (AvgIpc) is 2.95. The van der Waals surface area contributed by atoms with Crippen LogP contribution in [0, 0.1) is 0 Å². The van der Waals surface area contributed by atoms with Gasteiger partial charge in [-0.25, -0.2) is 4.98 Å². The van der Waals surface area contributed by atoms with Gasteiger partial charge in [0.2, 0.25) is 5.91 Å². The number of anilines is 1. The third-order valence-corrected chi connectivity index (χ3v) is 4.17. The summed E-state index contributed by atoms with van der Waals surface area (Å²) in [7, 11) is 0.